The molecule has 1 aromatic heterocycles. The third-order valence-electron chi connectivity index (χ3n) is 1.57. The Kier molecular flexibility index (Phi) is 1.79. The number of rotatable bonds is 1. The van der Waals surface area contributed by atoms with Gasteiger partial charge in [-0.3, -0.25) is 0 Å². The molecule has 0 atom stereocenters. The van der Waals surface area contributed by atoms with Crippen molar-refractivity contribution in [3.8, 4) is 0 Å². The lowest BCUT2D eigenvalue weighted by Gasteiger charge is -1.86. The van der Waals surface area contributed by atoms with E-state index in [2.05, 4.69) is 4.98 Å². The van der Waals surface area contributed by atoms with Crippen LogP contribution in [0, 0.1) is 5.82 Å². The van der Waals surface area contributed by atoms with Crippen molar-refractivity contribution in [3.05, 3.63) is 24.0 Å². The number of oxazole rings is 1. The van der Waals surface area contributed by atoms with E-state index in [0.717, 1.165) is 12.1 Å². The Balaban J connectivity index is 2.75. The summed E-state index contributed by atoms with van der Waals surface area (Å²) in [5.41, 5.74) is 0.296. The van der Waals surface area contributed by atoms with Gasteiger partial charge in [-0.15, -0.1) is 0 Å². The molecule has 74 valence electrons. The van der Waals surface area contributed by atoms with Gasteiger partial charge in [0.15, 0.2) is 5.58 Å². The zero-order valence-corrected chi connectivity index (χ0v) is 7.58. The normalized spacial score (nSPS) is 12.1. The number of nitrogens with zero attached hydrogens (tertiary/aromatic N) is 1. The molecule has 5 nitrogen and oxygen atoms in total. The summed E-state index contributed by atoms with van der Waals surface area (Å²) < 4.78 is 39.1. The van der Waals surface area contributed by atoms with Gasteiger partial charge in [-0.2, -0.15) is 4.98 Å². The van der Waals surface area contributed by atoms with Crippen LogP contribution >= 0.6 is 0 Å². The van der Waals surface area contributed by atoms with Crippen LogP contribution in [0.25, 0.3) is 11.1 Å². The predicted octanol–water partition coefficient (Wildman–Crippen LogP) is 0.614. The predicted molar refractivity (Wildman–Crippen MR) is 45.3 cm³/mol. The minimum atomic E-state index is -3.98. The van der Waals surface area contributed by atoms with Crippen LogP contribution in [0.4, 0.5) is 4.39 Å². The Morgan fingerprint density at radius 3 is 2.79 bits per heavy atom. The standard InChI is InChI=1S/C7H5FN2O3S/c8-4-1-2-5-6(3-4)13-7(10-5)14(9,11)12/h1-3H,(H2,9,11,12). The fourth-order valence-electron chi connectivity index (χ4n) is 0.999. The summed E-state index contributed by atoms with van der Waals surface area (Å²) in [7, 11) is -3.98. The van der Waals surface area contributed by atoms with Crippen molar-refractivity contribution >= 4 is 21.1 Å². The summed E-state index contributed by atoms with van der Waals surface area (Å²) in [6.07, 6.45) is 0. The Labute approximate surface area is 78.4 Å². The van der Waals surface area contributed by atoms with Crippen LogP contribution < -0.4 is 5.14 Å². The van der Waals surface area contributed by atoms with Gasteiger partial charge >= 0.3 is 5.22 Å². The van der Waals surface area contributed by atoms with Gasteiger partial charge in [0.05, 0.1) is 0 Å². The Morgan fingerprint density at radius 2 is 2.14 bits per heavy atom. The maximum Gasteiger partial charge on any atom is 0.331 e. The fourth-order valence-corrected chi connectivity index (χ4v) is 1.43. The number of primary sulfonamides is 1. The number of hydrogen-bond acceptors (Lipinski definition) is 4. The van der Waals surface area contributed by atoms with E-state index in [4.69, 9.17) is 9.56 Å². The molecule has 0 saturated carbocycles. The average Bonchev–Trinajstić information content (AvgIpc) is 2.45. The van der Waals surface area contributed by atoms with Gasteiger partial charge in [0.1, 0.15) is 11.3 Å². The van der Waals surface area contributed by atoms with E-state index >= 15 is 0 Å². The highest BCUT2D eigenvalue weighted by Crippen LogP contribution is 2.18. The SMILES string of the molecule is NS(=O)(=O)c1nc2ccc(F)cc2o1. The molecular weight excluding hydrogens is 211 g/mol. The van der Waals surface area contributed by atoms with E-state index in [0.29, 0.717) is 0 Å². The number of hydrogen-bond donors (Lipinski definition) is 1. The molecule has 14 heavy (non-hydrogen) atoms. The molecule has 2 rings (SSSR count). The molecule has 0 bridgehead atoms. The minimum Gasteiger partial charge on any atom is -0.427 e. The van der Waals surface area contributed by atoms with Crippen molar-refractivity contribution < 1.29 is 17.2 Å². The van der Waals surface area contributed by atoms with E-state index in [1.54, 1.807) is 0 Å². The molecule has 0 aliphatic heterocycles. The molecule has 0 radical (unpaired) electrons. The van der Waals surface area contributed by atoms with E-state index in [-0.39, 0.29) is 11.1 Å². The van der Waals surface area contributed by atoms with Gasteiger partial charge in [0.25, 0.3) is 10.0 Å². The van der Waals surface area contributed by atoms with Crippen molar-refractivity contribution in [1.82, 2.24) is 4.98 Å². The molecule has 1 aromatic carbocycles. The summed E-state index contributed by atoms with van der Waals surface area (Å²) >= 11 is 0. The molecule has 0 saturated heterocycles. The molecule has 0 spiro atoms. The number of benzene rings is 1. The van der Waals surface area contributed by atoms with Crippen LogP contribution in [0.15, 0.2) is 27.8 Å². The van der Waals surface area contributed by atoms with Crippen LogP contribution in [0.3, 0.4) is 0 Å². The van der Waals surface area contributed by atoms with E-state index in [9.17, 15) is 12.8 Å². The first-order valence-electron chi connectivity index (χ1n) is 3.56. The molecule has 0 amide bonds. The van der Waals surface area contributed by atoms with Gasteiger partial charge in [-0.25, -0.2) is 17.9 Å². The van der Waals surface area contributed by atoms with Crippen molar-refractivity contribution in [2.24, 2.45) is 5.14 Å². The van der Waals surface area contributed by atoms with Crippen LogP contribution in [-0.4, -0.2) is 13.4 Å². The lowest BCUT2D eigenvalue weighted by Crippen LogP contribution is -2.12. The lowest BCUT2D eigenvalue weighted by atomic mass is 10.3. The smallest absolute Gasteiger partial charge is 0.331 e. The van der Waals surface area contributed by atoms with Crippen LogP contribution in [-0.2, 0) is 10.0 Å². The molecule has 0 aliphatic rings. The van der Waals surface area contributed by atoms with Gasteiger partial charge in [0, 0.05) is 6.07 Å². The number of halogens is 1. The zero-order chi connectivity index (χ0) is 10.3. The van der Waals surface area contributed by atoms with E-state index in [1.165, 1.54) is 6.07 Å². The molecule has 2 N–H and O–H groups in total. The molecule has 1 heterocycles. The molecule has 0 aliphatic carbocycles. The highest BCUT2D eigenvalue weighted by molar-refractivity contribution is 7.88. The van der Waals surface area contributed by atoms with Gasteiger partial charge in [0.2, 0.25) is 0 Å². The zero-order valence-electron chi connectivity index (χ0n) is 6.77. The first-order valence-corrected chi connectivity index (χ1v) is 5.10. The number of fused-ring (bicyclic) bond motifs is 1. The van der Waals surface area contributed by atoms with Gasteiger partial charge in [-0.05, 0) is 12.1 Å². The maximum absolute atomic E-state index is 12.7. The summed E-state index contributed by atoms with van der Waals surface area (Å²) in [6, 6.07) is 3.50. The third-order valence-corrected chi connectivity index (χ3v) is 2.24. The van der Waals surface area contributed by atoms with E-state index in [1.807, 2.05) is 0 Å². The summed E-state index contributed by atoms with van der Waals surface area (Å²) in [5.74, 6) is -0.533. The van der Waals surface area contributed by atoms with Gasteiger partial charge in [-0.1, -0.05) is 0 Å². The molecular formula is C7H5FN2O3S. The molecule has 2 aromatic rings. The van der Waals surface area contributed by atoms with Crippen molar-refractivity contribution in [2.75, 3.05) is 0 Å². The largest absolute Gasteiger partial charge is 0.427 e. The second kappa shape index (κ2) is 2.76. The fraction of sp³-hybridized carbons (Fsp3) is 0. The van der Waals surface area contributed by atoms with Crippen molar-refractivity contribution in [3.63, 3.8) is 0 Å². The lowest BCUT2D eigenvalue weighted by molar-refractivity contribution is 0.457. The first-order chi connectivity index (χ1) is 6.47. The quantitative estimate of drug-likeness (QED) is 0.756. The average molecular weight is 216 g/mol. The van der Waals surface area contributed by atoms with Crippen molar-refractivity contribution in [2.45, 2.75) is 5.22 Å². The van der Waals surface area contributed by atoms with Crippen molar-refractivity contribution in [1.29, 1.82) is 0 Å². The number of nitrogens with two attached hydrogens (primary N) is 1. The monoisotopic (exact) mass is 216 g/mol. The van der Waals surface area contributed by atoms with Crippen LogP contribution in [0.1, 0.15) is 0 Å². The summed E-state index contributed by atoms with van der Waals surface area (Å²) in [5, 5.41) is 4.17. The first kappa shape index (κ1) is 9.10. The highest BCUT2D eigenvalue weighted by Gasteiger charge is 2.16. The molecule has 7 heteroatoms. The summed E-state index contributed by atoms with van der Waals surface area (Å²) in [6.45, 7) is 0. The maximum atomic E-state index is 12.7. The molecule has 0 unspecified atom stereocenters. The second-order valence-electron chi connectivity index (χ2n) is 2.64. The number of sulfonamides is 1. The van der Waals surface area contributed by atoms with Crippen LogP contribution in [0.2, 0.25) is 0 Å². The second-order valence-corrected chi connectivity index (χ2v) is 4.08. The third kappa shape index (κ3) is 1.47. The summed E-state index contributed by atoms with van der Waals surface area (Å²) in [4.78, 5) is 3.58. The Morgan fingerprint density at radius 1 is 1.43 bits per heavy atom. The Bertz CT molecular complexity index is 590. The van der Waals surface area contributed by atoms with E-state index < -0.39 is 21.1 Å². The topological polar surface area (TPSA) is 86.2 Å². The minimum absolute atomic E-state index is 0.0500. The Hall–Kier alpha value is -1.47. The highest BCUT2D eigenvalue weighted by atomic mass is 32.2. The van der Waals surface area contributed by atoms with Crippen LogP contribution in [0.5, 0.6) is 0 Å². The number of aromatic nitrogens is 1. The van der Waals surface area contributed by atoms with Gasteiger partial charge < -0.3 is 4.42 Å². The molecule has 0 fully saturated rings.